The first-order valence-corrected chi connectivity index (χ1v) is 6.76. The van der Waals surface area contributed by atoms with Crippen molar-refractivity contribution >= 4 is 17.1 Å². The number of nitrogen functional groups attached to an aromatic ring is 1. The van der Waals surface area contributed by atoms with Gasteiger partial charge in [0.2, 0.25) is 0 Å². The summed E-state index contributed by atoms with van der Waals surface area (Å²) >= 11 is 0. The highest BCUT2D eigenvalue weighted by Gasteiger charge is 2.11. The van der Waals surface area contributed by atoms with Crippen molar-refractivity contribution in [1.82, 2.24) is 0 Å². The van der Waals surface area contributed by atoms with Gasteiger partial charge in [0, 0.05) is 18.2 Å². The van der Waals surface area contributed by atoms with Gasteiger partial charge in [-0.15, -0.1) is 0 Å². The molecule has 0 saturated heterocycles. The number of hydrogen-bond acceptors (Lipinski definition) is 4. The lowest BCUT2D eigenvalue weighted by Gasteiger charge is -2.14. The maximum Gasteiger partial charge on any atom is 0.163 e. The quantitative estimate of drug-likeness (QED) is 0.820. The van der Waals surface area contributed by atoms with Gasteiger partial charge >= 0.3 is 0 Å². The number of benzene rings is 2. The molecule has 0 aromatic heterocycles. The van der Waals surface area contributed by atoms with E-state index in [0.717, 1.165) is 40.5 Å². The minimum Gasteiger partial charge on any atom is -0.490 e. The highest BCUT2D eigenvalue weighted by Crippen LogP contribution is 2.34. The maximum atomic E-state index is 6.01. The third kappa shape index (κ3) is 2.50. The van der Waals surface area contributed by atoms with E-state index in [9.17, 15) is 0 Å². The fourth-order valence-corrected chi connectivity index (χ4v) is 2.25. The number of rotatable bonds is 2. The Morgan fingerprint density at radius 3 is 2.65 bits per heavy atom. The van der Waals surface area contributed by atoms with E-state index in [1.807, 2.05) is 43.3 Å². The summed E-state index contributed by atoms with van der Waals surface area (Å²) in [6.07, 6.45) is 0.905. The molecule has 1 heterocycles. The predicted molar refractivity (Wildman–Crippen MR) is 80.9 cm³/mol. The van der Waals surface area contributed by atoms with E-state index >= 15 is 0 Å². The van der Waals surface area contributed by atoms with Crippen molar-refractivity contribution in [1.29, 1.82) is 0 Å². The van der Waals surface area contributed by atoms with Crippen LogP contribution in [0.25, 0.3) is 0 Å². The molecule has 0 bridgehead atoms. The molecule has 1 aliphatic heterocycles. The summed E-state index contributed by atoms with van der Waals surface area (Å²) < 4.78 is 11.3. The second-order valence-corrected chi connectivity index (χ2v) is 4.88. The third-order valence-electron chi connectivity index (χ3n) is 3.32. The second-order valence-electron chi connectivity index (χ2n) is 4.88. The molecule has 0 spiro atoms. The van der Waals surface area contributed by atoms with E-state index in [1.165, 1.54) is 0 Å². The van der Waals surface area contributed by atoms with Gasteiger partial charge in [-0.2, -0.15) is 0 Å². The highest BCUT2D eigenvalue weighted by atomic mass is 16.5. The van der Waals surface area contributed by atoms with Crippen LogP contribution in [0.5, 0.6) is 11.5 Å². The summed E-state index contributed by atoms with van der Waals surface area (Å²) in [6.45, 7) is 3.41. The zero-order valence-electron chi connectivity index (χ0n) is 11.5. The van der Waals surface area contributed by atoms with Crippen molar-refractivity contribution in [2.24, 2.45) is 0 Å². The number of anilines is 3. The molecular weight excluding hydrogens is 252 g/mol. The smallest absolute Gasteiger partial charge is 0.163 e. The van der Waals surface area contributed by atoms with Gasteiger partial charge in [0.15, 0.2) is 11.5 Å². The number of nitrogens with one attached hydrogen (secondary N) is 1. The Bertz CT molecular complexity index is 606. The lowest BCUT2D eigenvalue weighted by Crippen LogP contribution is -1.99. The molecule has 4 nitrogen and oxygen atoms in total. The Balaban J connectivity index is 1.90. The largest absolute Gasteiger partial charge is 0.490 e. The van der Waals surface area contributed by atoms with Gasteiger partial charge in [0.05, 0.1) is 24.6 Å². The number of fused-ring (bicyclic) bond motifs is 1. The molecule has 2 aromatic carbocycles. The first-order valence-electron chi connectivity index (χ1n) is 6.76. The Morgan fingerprint density at radius 2 is 1.85 bits per heavy atom. The summed E-state index contributed by atoms with van der Waals surface area (Å²) in [5, 5.41) is 3.35. The fraction of sp³-hybridized carbons (Fsp3) is 0.250. The van der Waals surface area contributed by atoms with Crippen LogP contribution in [0.1, 0.15) is 12.0 Å². The summed E-state index contributed by atoms with van der Waals surface area (Å²) in [5.41, 5.74) is 9.73. The Kier molecular flexibility index (Phi) is 3.37. The van der Waals surface area contributed by atoms with E-state index in [2.05, 4.69) is 5.32 Å². The molecule has 0 amide bonds. The Hall–Kier alpha value is -2.36. The molecule has 104 valence electrons. The summed E-state index contributed by atoms with van der Waals surface area (Å²) in [6, 6.07) is 11.7. The lowest BCUT2D eigenvalue weighted by atomic mass is 10.1. The highest BCUT2D eigenvalue weighted by molar-refractivity contribution is 5.76. The van der Waals surface area contributed by atoms with Crippen LogP contribution in [0.4, 0.5) is 17.1 Å². The van der Waals surface area contributed by atoms with Crippen molar-refractivity contribution in [3.05, 3.63) is 42.0 Å². The van der Waals surface area contributed by atoms with E-state index in [4.69, 9.17) is 15.2 Å². The van der Waals surface area contributed by atoms with Gasteiger partial charge in [-0.1, -0.05) is 12.1 Å². The summed E-state index contributed by atoms with van der Waals surface area (Å²) in [4.78, 5) is 0. The van der Waals surface area contributed by atoms with Gasteiger partial charge < -0.3 is 20.5 Å². The SMILES string of the molecule is Cc1cccc(N)c1Nc1ccc2c(c1)OCCCO2. The molecule has 0 radical (unpaired) electrons. The van der Waals surface area contributed by atoms with Crippen molar-refractivity contribution in [3.63, 3.8) is 0 Å². The van der Waals surface area contributed by atoms with Crippen LogP contribution < -0.4 is 20.5 Å². The number of ether oxygens (including phenoxy) is 2. The van der Waals surface area contributed by atoms with E-state index in [0.29, 0.717) is 13.2 Å². The molecule has 1 aliphatic rings. The molecular formula is C16H18N2O2. The zero-order valence-corrected chi connectivity index (χ0v) is 11.5. The second kappa shape index (κ2) is 5.33. The van der Waals surface area contributed by atoms with Crippen LogP contribution in [-0.2, 0) is 0 Å². The van der Waals surface area contributed by atoms with Crippen LogP contribution in [0.3, 0.4) is 0 Å². The molecule has 0 aliphatic carbocycles. The molecule has 4 heteroatoms. The lowest BCUT2D eigenvalue weighted by molar-refractivity contribution is 0.297. The molecule has 0 unspecified atom stereocenters. The normalized spacial score (nSPS) is 13.7. The fourth-order valence-electron chi connectivity index (χ4n) is 2.25. The van der Waals surface area contributed by atoms with E-state index in [-0.39, 0.29) is 0 Å². The van der Waals surface area contributed by atoms with Gasteiger partial charge in [-0.3, -0.25) is 0 Å². The van der Waals surface area contributed by atoms with Crippen molar-refractivity contribution in [3.8, 4) is 11.5 Å². The van der Waals surface area contributed by atoms with Gasteiger partial charge in [0.1, 0.15) is 0 Å². The van der Waals surface area contributed by atoms with Gasteiger partial charge in [-0.05, 0) is 30.7 Å². The Morgan fingerprint density at radius 1 is 1.05 bits per heavy atom. The zero-order chi connectivity index (χ0) is 13.9. The topological polar surface area (TPSA) is 56.5 Å². The van der Waals surface area contributed by atoms with Crippen LogP contribution in [0.2, 0.25) is 0 Å². The molecule has 0 fully saturated rings. The number of nitrogens with two attached hydrogens (primary N) is 1. The van der Waals surface area contributed by atoms with Crippen LogP contribution >= 0.6 is 0 Å². The number of aryl methyl sites for hydroxylation is 1. The third-order valence-corrected chi connectivity index (χ3v) is 3.32. The maximum absolute atomic E-state index is 6.01. The first-order chi connectivity index (χ1) is 9.74. The van der Waals surface area contributed by atoms with Gasteiger partial charge in [-0.25, -0.2) is 0 Å². The van der Waals surface area contributed by atoms with Crippen molar-refractivity contribution < 1.29 is 9.47 Å². The van der Waals surface area contributed by atoms with Crippen LogP contribution in [-0.4, -0.2) is 13.2 Å². The van der Waals surface area contributed by atoms with E-state index in [1.54, 1.807) is 0 Å². The first kappa shape index (κ1) is 12.7. The minimum atomic E-state index is 0.683. The molecule has 0 atom stereocenters. The van der Waals surface area contributed by atoms with Crippen molar-refractivity contribution in [2.45, 2.75) is 13.3 Å². The van der Waals surface area contributed by atoms with Crippen LogP contribution in [0.15, 0.2) is 36.4 Å². The molecule has 20 heavy (non-hydrogen) atoms. The predicted octanol–water partition coefficient (Wildman–Crippen LogP) is 3.48. The van der Waals surface area contributed by atoms with Crippen LogP contribution in [0, 0.1) is 6.92 Å². The van der Waals surface area contributed by atoms with E-state index < -0.39 is 0 Å². The minimum absolute atomic E-state index is 0.683. The summed E-state index contributed by atoms with van der Waals surface area (Å²) in [5.74, 6) is 1.57. The number of para-hydroxylation sites is 1. The Labute approximate surface area is 118 Å². The average Bonchev–Trinajstić information content (AvgIpc) is 2.68. The standard InChI is InChI=1S/C16H18N2O2/c1-11-4-2-5-13(17)16(11)18-12-6-7-14-15(10-12)20-9-3-8-19-14/h2,4-7,10,18H,3,8-9,17H2,1H3. The molecule has 3 N–H and O–H groups in total. The summed E-state index contributed by atoms with van der Waals surface area (Å²) in [7, 11) is 0. The molecule has 0 saturated carbocycles. The monoisotopic (exact) mass is 270 g/mol. The average molecular weight is 270 g/mol. The van der Waals surface area contributed by atoms with Gasteiger partial charge in [0.25, 0.3) is 0 Å². The molecule has 3 rings (SSSR count). The number of hydrogen-bond donors (Lipinski definition) is 2. The molecule has 2 aromatic rings. The van der Waals surface area contributed by atoms with Crippen molar-refractivity contribution in [2.75, 3.05) is 24.3 Å².